The standard InChI is InChI=1S/C17H24O8/c1-3-4-5-7-6-8-9(13(18)19)11(15(22)23)17(7,2)12(16(24)25)10(8)14(20)21/h7-12H,3-6H2,1-2H3,(H,18,19)(H,20,21)(H,22,23)(H,24,25). The highest BCUT2D eigenvalue weighted by molar-refractivity contribution is 5.88. The third kappa shape index (κ3) is 2.77. The predicted molar refractivity (Wildman–Crippen MR) is 83.7 cm³/mol. The zero-order chi connectivity index (χ0) is 19.1. The number of carbonyl (C=O) groups is 4. The van der Waals surface area contributed by atoms with Gasteiger partial charge in [0.1, 0.15) is 0 Å². The van der Waals surface area contributed by atoms with Gasteiger partial charge in [0, 0.05) is 0 Å². The lowest BCUT2D eigenvalue weighted by Gasteiger charge is -2.61. The van der Waals surface area contributed by atoms with E-state index < -0.39 is 58.9 Å². The lowest BCUT2D eigenvalue weighted by Crippen LogP contribution is -2.67. The van der Waals surface area contributed by atoms with E-state index >= 15 is 0 Å². The Labute approximate surface area is 144 Å². The summed E-state index contributed by atoms with van der Waals surface area (Å²) in [5.41, 5.74) is -1.42. The summed E-state index contributed by atoms with van der Waals surface area (Å²) in [5.74, 6) is -12.4. The molecule has 3 saturated carbocycles. The highest BCUT2D eigenvalue weighted by Crippen LogP contribution is 2.65. The molecule has 5 unspecified atom stereocenters. The van der Waals surface area contributed by atoms with Crippen molar-refractivity contribution in [2.24, 2.45) is 40.9 Å². The van der Waals surface area contributed by atoms with Crippen molar-refractivity contribution >= 4 is 23.9 Å². The van der Waals surface area contributed by atoms with E-state index in [1.54, 1.807) is 0 Å². The van der Waals surface area contributed by atoms with Crippen molar-refractivity contribution in [3.05, 3.63) is 0 Å². The average molecular weight is 356 g/mol. The first-order valence-corrected chi connectivity index (χ1v) is 8.50. The Morgan fingerprint density at radius 1 is 0.880 bits per heavy atom. The second-order valence-electron chi connectivity index (χ2n) is 7.46. The van der Waals surface area contributed by atoms with Crippen LogP contribution >= 0.6 is 0 Å². The number of hydrogen-bond donors (Lipinski definition) is 4. The molecule has 0 amide bonds. The Morgan fingerprint density at radius 2 is 1.32 bits per heavy atom. The van der Waals surface area contributed by atoms with Crippen LogP contribution in [0.2, 0.25) is 0 Å². The summed E-state index contributed by atoms with van der Waals surface area (Å²) in [6, 6.07) is 0. The molecule has 8 heteroatoms. The van der Waals surface area contributed by atoms with E-state index in [4.69, 9.17) is 0 Å². The summed E-state index contributed by atoms with van der Waals surface area (Å²) >= 11 is 0. The Balaban J connectivity index is 2.66. The van der Waals surface area contributed by atoms with Crippen molar-refractivity contribution in [3.8, 4) is 0 Å². The molecule has 0 spiro atoms. The third-order valence-corrected chi connectivity index (χ3v) is 6.43. The summed E-state index contributed by atoms with van der Waals surface area (Å²) in [6.07, 6.45) is 2.38. The summed E-state index contributed by atoms with van der Waals surface area (Å²) in [7, 11) is 0. The summed E-state index contributed by atoms with van der Waals surface area (Å²) in [6.45, 7) is 3.42. The van der Waals surface area contributed by atoms with Gasteiger partial charge < -0.3 is 20.4 Å². The molecule has 0 aliphatic heterocycles. The van der Waals surface area contributed by atoms with E-state index in [-0.39, 0.29) is 12.3 Å². The Morgan fingerprint density at radius 3 is 1.64 bits per heavy atom. The Hall–Kier alpha value is -2.12. The van der Waals surface area contributed by atoms with Crippen LogP contribution in [0, 0.1) is 40.9 Å². The van der Waals surface area contributed by atoms with Crippen LogP contribution in [0.4, 0.5) is 0 Å². The van der Waals surface area contributed by atoms with Gasteiger partial charge in [0.25, 0.3) is 0 Å². The number of carboxylic acids is 4. The highest BCUT2D eigenvalue weighted by Gasteiger charge is 2.71. The Bertz CT molecular complexity index is 557. The van der Waals surface area contributed by atoms with Gasteiger partial charge in [0.2, 0.25) is 0 Å². The SMILES string of the molecule is CCCCC1CC2C(C(=O)O)C(C(=O)O)C1(C)C(C(=O)O)C2C(=O)O. The van der Waals surface area contributed by atoms with Gasteiger partial charge in [-0.2, -0.15) is 0 Å². The molecule has 0 radical (unpaired) electrons. The minimum Gasteiger partial charge on any atom is -0.481 e. The number of aliphatic carboxylic acids is 4. The fraction of sp³-hybridized carbons (Fsp3) is 0.765. The van der Waals surface area contributed by atoms with Gasteiger partial charge in [0.05, 0.1) is 23.7 Å². The molecule has 25 heavy (non-hydrogen) atoms. The second kappa shape index (κ2) is 6.65. The molecule has 0 aromatic rings. The van der Waals surface area contributed by atoms with Gasteiger partial charge in [-0.25, -0.2) is 0 Å². The number of rotatable bonds is 7. The van der Waals surface area contributed by atoms with E-state index in [0.717, 1.165) is 12.8 Å². The predicted octanol–water partition coefficient (Wildman–Crippen LogP) is 1.64. The minimum atomic E-state index is -1.42. The van der Waals surface area contributed by atoms with Crippen LogP contribution in [0.15, 0.2) is 0 Å². The molecule has 2 bridgehead atoms. The van der Waals surface area contributed by atoms with E-state index in [2.05, 4.69) is 0 Å². The van der Waals surface area contributed by atoms with Crippen LogP contribution in [-0.4, -0.2) is 44.3 Å². The third-order valence-electron chi connectivity index (χ3n) is 6.43. The van der Waals surface area contributed by atoms with E-state index in [1.807, 2.05) is 6.92 Å². The highest BCUT2D eigenvalue weighted by atomic mass is 16.4. The van der Waals surface area contributed by atoms with Gasteiger partial charge in [-0.15, -0.1) is 0 Å². The molecule has 0 aromatic carbocycles. The van der Waals surface area contributed by atoms with Crippen LogP contribution in [0.3, 0.4) is 0 Å². The first-order valence-electron chi connectivity index (χ1n) is 8.50. The van der Waals surface area contributed by atoms with Crippen molar-refractivity contribution in [1.29, 1.82) is 0 Å². The second-order valence-corrected chi connectivity index (χ2v) is 7.46. The van der Waals surface area contributed by atoms with Crippen LogP contribution in [0.5, 0.6) is 0 Å². The number of fused-ring (bicyclic) bond motifs is 3. The summed E-state index contributed by atoms with van der Waals surface area (Å²) < 4.78 is 0. The van der Waals surface area contributed by atoms with Crippen LogP contribution in [0.25, 0.3) is 0 Å². The molecular weight excluding hydrogens is 332 g/mol. The van der Waals surface area contributed by atoms with Crippen molar-refractivity contribution < 1.29 is 39.6 Å². The summed E-state index contributed by atoms with van der Waals surface area (Å²) in [4.78, 5) is 47.4. The molecule has 3 fully saturated rings. The fourth-order valence-electron chi connectivity index (χ4n) is 5.44. The molecule has 3 aliphatic carbocycles. The molecule has 5 atom stereocenters. The lowest BCUT2D eigenvalue weighted by molar-refractivity contribution is -0.218. The number of carboxylic acid groups (broad SMARTS) is 4. The van der Waals surface area contributed by atoms with E-state index in [1.165, 1.54) is 6.92 Å². The summed E-state index contributed by atoms with van der Waals surface area (Å²) in [5, 5.41) is 38.6. The topological polar surface area (TPSA) is 149 Å². The van der Waals surface area contributed by atoms with Gasteiger partial charge in [-0.05, 0) is 30.1 Å². The molecule has 3 rings (SSSR count). The number of unbranched alkanes of at least 4 members (excludes halogenated alkanes) is 1. The first-order chi connectivity index (χ1) is 11.6. The van der Waals surface area contributed by atoms with Crippen molar-refractivity contribution in [1.82, 2.24) is 0 Å². The van der Waals surface area contributed by atoms with Crippen LogP contribution in [0.1, 0.15) is 39.5 Å². The van der Waals surface area contributed by atoms with E-state index in [0.29, 0.717) is 6.42 Å². The van der Waals surface area contributed by atoms with E-state index in [9.17, 15) is 39.6 Å². The maximum atomic E-state index is 11.9. The van der Waals surface area contributed by atoms with Crippen molar-refractivity contribution in [2.45, 2.75) is 39.5 Å². The maximum absolute atomic E-state index is 11.9. The normalized spacial score (nSPS) is 39.8. The van der Waals surface area contributed by atoms with Crippen molar-refractivity contribution in [2.75, 3.05) is 0 Å². The molecule has 0 saturated heterocycles. The van der Waals surface area contributed by atoms with Gasteiger partial charge in [-0.3, -0.25) is 19.2 Å². The Kier molecular flexibility index (Phi) is 5.11. The molecule has 3 aliphatic rings. The zero-order valence-corrected chi connectivity index (χ0v) is 14.2. The molecule has 140 valence electrons. The minimum absolute atomic E-state index is 0.234. The van der Waals surface area contributed by atoms with Gasteiger partial charge >= 0.3 is 23.9 Å². The van der Waals surface area contributed by atoms with Crippen LogP contribution < -0.4 is 0 Å². The number of hydrogen-bond acceptors (Lipinski definition) is 4. The molecular formula is C17H24O8. The van der Waals surface area contributed by atoms with Gasteiger partial charge in [-0.1, -0.05) is 26.7 Å². The molecule has 4 N–H and O–H groups in total. The average Bonchev–Trinajstić information content (AvgIpc) is 2.49. The largest absolute Gasteiger partial charge is 0.481 e. The molecule has 0 aromatic heterocycles. The fourth-order valence-corrected chi connectivity index (χ4v) is 5.44. The molecule has 0 heterocycles. The zero-order valence-electron chi connectivity index (χ0n) is 14.2. The van der Waals surface area contributed by atoms with Gasteiger partial charge in [0.15, 0.2) is 0 Å². The lowest BCUT2D eigenvalue weighted by atomic mass is 9.39. The smallest absolute Gasteiger partial charge is 0.307 e. The maximum Gasteiger partial charge on any atom is 0.307 e. The first kappa shape index (κ1) is 19.2. The monoisotopic (exact) mass is 356 g/mol. The van der Waals surface area contributed by atoms with Crippen LogP contribution in [-0.2, 0) is 19.2 Å². The van der Waals surface area contributed by atoms with Crippen molar-refractivity contribution in [3.63, 3.8) is 0 Å². The molecule has 8 nitrogen and oxygen atoms in total. The quantitative estimate of drug-likeness (QED) is 0.538.